The molecule has 0 spiro atoms. The highest BCUT2D eigenvalue weighted by atomic mass is 32.2. The van der Waals surface area contributed by atoms with E-state index in [0.717, 1.165) is 23.2 Å². The van der Waals surface area contributed by atoms with Crippen LogP contribution >= 0.6 is 0 Å². The molecule has 2 rings (SSSR count). The first-order valence-electron chi connectivity index (χ1n) is 6.50. The first kappa shape index (κ1) is 15.8. The molecular weight excluding hydrogens is 304 g/mol. The maximum absolute atomic E-state index is 14.1. The van der Waals surface area contributed by atoms with Gasteiger partial charge in [0.25, 0.3) is 0 Å². The van der Waals surface area contributed by atoms with Gasteiger partial charge in [0.2, 0.25) is 10.0 Å². The van der Waals surface area contributed by atoms with E-state index in [0.29, 0.717) is 6.07 Å². The van der Waals surface area contributed by atoms with Crippen LogP contribution in [0.1, 0.15) is 30.1 Å². The van der Waals surface area contributed by atoms with Crippen molar-refractivity contribution in [2.75, 3.05) is 13.1 Å². The van der Waals surface area contributed by atoms with Crippen LogP contribution in [0.15, 0.2) is 17.0 Å². The molecule has 21 heavy (non-hydrogen) atoms. The van der Waals surface area contributed by atoms with E-state index in [1.54, 1.807) is 6.92 Å². The summed E-state index contributed by atoms with van der Waals surface area (Å²) in [5.41, 5.74) is -1.25. The first-order chi connectivity index (χ1) is 9.78. The molecule has 1 aromatic rings. The Morgan fingerprint density at radius 1 is 1.38 bits per heavy atom. The van der Waals surface area contributed by atoms with Crippen LogP contribution in [0.4, 0.5) is 8.78 Å². The van der Waals surface area contributed by atoms with E-state index < -0.39 is 38.1 Å². The van der Waals surface area contributed by atoms with Gasteiger partial charge in [-0.1, -0.05) is 6.92 Å². The molecule has 0 heterocycles. The Hall–Kier alpha value is -1.54. The average molecular weight is 319 g/mol. The highest BCUT2D eigenvalue weighted by Crippen LogP contribution is 2.32. The van der Waals surface area contributed by atoms with Gasteiger partial charge in [0.05, 0.1) is 0 Å². The van der Waals surface area contributed by atoms with Crippen molar-refractivity contribution < 1.29 is 27.1 Å². The largest absolute Gasteiger partial charge is 0.477 e. The monoisotopic (exact) mass is 319 g/mol. The number of rotatable bonds is 6. The number of carboxylic acids is 1. The van der Waals surface area contributed by atoms with Crippen molar-refractivity contribution in [3.05, 3.63) is 29.3 Å². The molecule has 1 aromatic carbocycles. The zero-order chi connectivity index (χ0) is 15.8. The number of nitrogens with zero attached hydrogens (tertiary/aromatic N) is 1. The lowest BCUT2D eigenvalue weighted by molar-refractivity contribution is 0.0685. The second kappa shape index (κ2) is 5.69. The van der Waals surface area contributed by atoms with Gasteiger partial charge in [0.1, 0.15) is 16.3 Å². The smallest absolute Gasteiger partial charge is 0.341 e. The van der Waals surface area contributed by atoms with Gasteiger partial charge in [0, 0.05) is 13.1 Å². The Balaban J connectivity index is 2.48. The number of benzene rings is 1. The summed E-state index contributed by atoms with van der Waals surface area (Å²) < 4.78 is 53.3. The maximum Gasteiger partial charge on any atom is 0.341 e. The molecule has 0 aromatic heterocycles. The molecule has 1 fully saturated rings. The Bertz CT molecular complexity index is 671. The highest BCUT2D eigenvalue weighted by molar-refractivity contribution is 7.89. The SMILES string of the molecule is CCN(CC1CC1)S(=O)(=O)c1ccc(F)c(C(=O)O)c1F. The van der Waals surface area contributed by atoms with Gasteiger partial charge in [-0.2, -0.15) is 4.31 Å². The summed E-state index contributed by atoms with van der Waals surface area (Å²) in [5, 5.41) is 8.80. The van der Waals surface area contributed by atoms with E-state index in [-0.39, 0.29) is 19.0 Å². The van der Waals surface area contributed by atoms with Crippen LogP contribution in [0.25, 0.3) is 0 Å². The molecule has 1 aliphatic rings. The summed E-state index contributed by atoms with van der Waals surface area (Å²) in [7, 11) is -4.18. The minimum atomic E-state index is -4.18. The summed E-state index contributed by atoms with van der Waals surface area (Å²) >= 11 is 0. The summed E-state index contributed by atoms with van der Waals surface area (Å²) in [6.07, 6.45) is 1.83. The van der Waals surface area contributed by atoms with Crippen molar-refractivity contribution in [1.82, 2.24) is 4.31 Å². The van der Waals surface area contributed by atoms with Crippen LogP contribution in [0.5, 0.6) is 0 Å². The molecule has 0 unspecified atom stereocenters. The zero-order valence-electron chi connectivity index (χ0n) is 11.3. The lowest BCUT2D eigenvalue weighted by Gasteiger charge is -2.21. The van der Waals surface area contributed by atoms with E-state index in [1.807, 2.05) is 0 Å². The molecule has 8 heteroatoms. The minimum absolute atomic E-state index is 0.137. The van der Waals surface area contributed by atoms with Crippen molar-refractivity contribution in [2.24, 2.45) is 5.92 Å². The number of hydrogen-bond donors (Lipinski definition) is 1. The lowest BCUT2D eigenvalue weighted by Crippen LogP contribution is -2.33. The predicted molar refractivity (Wildman–Crippen MR) is 70.5 cm³/mol. The second-order valence-corrected chi connectivity index (χ2v) is 6.85. The Morgan fingerprint density at radius 2 is 2.00 bits per heavy atom. The Kier molecular flexibility index (Phi) is 4.29. The standard InChI is InChI=1S/C13H15F2NO4S/c1-2-16(7-8-3-4-8)21(19,20)10-6-5-9(14)11(12(10)15)13(17)18/h5-6,8H,2-4,7H2,1H3,(H,17,18). The topological polar surface area (TPSA) is 74.7 Å². The van der Waals surface area contributed by atoms with Gasteiger partial charge in [-0.3, -0.25) is 0 Å². The first-order valence-corrected chi connectivity index (χ1v) is 7.94. The summed E-state index contributed by atoms with van der Waals surface area (Å²) in [6.45, 7) is 2.01. The molecule has 0 atom stereocenters. The summed E-state index contributed by atoms with van der Waals surface area (Å²) in [4.78, 5) is 10.1. The second-order valence-electron chi connectivity index (χ2n) is 4.94. The Morgan fingerprint density at radius 3 is 2.48 bits per heavy atom. The van der Waals surface area contributed by atoms with Gasteiger partial charge in [-0.05, 0) is 30.9 Å². The summed E-state index contributed by atoms with van der Waals surface area (Å²) in [5.74, 6) is -4.45. The van der Waals surface area contributed by atoms with Gasteiger partial charge in [-0.25, -0.2) is 22.0 Å². The number of carbonyl (C=O) groups is 1. The number of hydrogen-bond acceptors (Lipinski definition) is 3. The number of carboxylic acid groups (broad SMARTS) is 1. The third kappa shape index (κ3) is 3.06. The van der Waals surface area contributed by atoms with Crippen LogP contribution < -0.4 is 0 Å². The fourth-order valence-electron chi connectivity index (χ4n) is 2.05. The van der Waals surface area contributed by atoms with Crippen molar-refractivity contribution >= 4 is 16.0 Å². The van der Waals surface area contributed by atoms with Gasteiger partial charge in [-0.15, -0.1) is 0 Å². The number of aromatic carboxylic acids is 1. The van der Waals surface area contributed by atoms with Crippen LogP contribution in [0.2, 0.25) is 0 Å². The van der Waals surface area contributed by atoms with E-state index in [2.05, 4.69) is 0 Å². The fraction of sp³-hybridized carbons (Fsp3) is 0.462. The fourth-order valence-corrected chi connectivity index (χ4v) is 3.65. The molecule has 0 bridgehead atoms. The molecule has 0 saturated heterocycles. The molecule has 0 aliphatic heterocycles. The minimum Gasteiger partial charge on any atom is -0.477 e. The molecule has 1 saturated carbocycles. The third-order valence-corrected chi connectivity index (χ3v) is 5.36. The van der Waals surface area contributed by atoms with Crippen LogP contribution in [0.3, 0.4) is 0 Å². The van der Waals surface area contributed by atoms with E-state index in [4.69, 9.17) is 5.11 Å². The van der Waals surface area contributed by atoms with Gasteiger partial charge in [0.15, 0.2) is 5.82 Å². The molecule has 5 nitrogen and oxygen atoms in total. The Labute approximate surface area is 121 Å². The van der Waals surface area contributed by atoms with Crippen molar-refractivity contribution in [3.63, 3.8) is 0 Å². The molecule has 0 amide bonds. The van der Waals surface area contributed by atoms with E-state index in [1.165, 1.54) is 0 Å². The predicted octanol–water partition coefficient (Wildman–Crippen LogP) is 2.08. The van der Waals surface area contributed by atoms with Gasteiger partial charge < -0.3 is 5.11 Å². The van der Waals surface area contributed by atoms with Crippen LogP contribution in [-0.2, 0) is 10.0 Å². The van der Waals surface area contributed by atoms with Crippen molar-refractivity contribution in [3.8, 4) is 0 Å². The molecule has 1 aliphatic carbocycles. The normalized spacial score (nSPS) is 15.4. The van der Waals surface area contributed by atoms with Crippen molar-refractivity contribution in [1.29, 1.82) is 0 Å². The van der Waals surface area contributed by atoms with E-state index >= 15 is 0 Å². The van der Waals surface area contributed by atoms with Gasteiger partial charge >= 0.3 is 5.97 Å². The molecule has 0 radical (unpaired) electrons. The lowest BCUT2D eigenvalue weighted by atomic mass is 10.2. The van der Waals surface area contributed by atoms with E-state index in [9.17, 15) is 22.0 Å². The van der Waals surface area contributed by atoms with Crippen LogP contribution in [0, 0.1) is 17.6 Å². The van der Waals surface area contributed by atoms with Crippen LogP contribution in [-0.4, -0.2) is 36.9 Å². The zero-order valence-corrected chi connectivity index (χ0v) is 12.2. The van der Waals surface area contributed by atoms with Crippen molar-refractivity contribution in [2.45, 2.75) is 24.7 Å². The molecular formula is C13H15F2NO4S. The molecule has 1 N–H and O–H groups in total. The maximum atomic E-state index is 14.1. The summed E-state index contributed by atoms with van der Waals surface area (Å²) in [6, 6.07) is 1.42. The number of halogens is 2. The average Bonchev–Trinajstić information content (AvgIpc) is 3.18. The third-order valence-electron chi connectivity index (χ3n) is 3.40. The molecule has 116 valence electrons. The quantitative estimate of drug-likeness (QED) is 0.871. The number of sulfonamides is 1. The highest BCUT2D eigenvalue weighted by Gasteiger charge is 2.34.